The lowest BCUT2D eigenvalue weighted by molar-refractivity contribution is 0.323. The number of rotatable bonds is 6. The molecule has 0 unspecified atom stereocenters. The summed E-state index contributed by atoms with van der Waals surface area (Å²) in [5.41, 5.74) is 0.863. The zero-order valence-corrected chi connectivity index (χ0v) is 13.4. The molecule has 116 valence electrons. The molecule has 0 saturated carbocycles. The van der Waals surface area contributed by atoms with E-state index < -0.39 is 0 Å². The van der Waals surface area contributed by atoms with Gasteiger partial charge in [0, 0.05) is 19.2 Å². The molecule has 0 bridgehead atoms. The average molecular weight is 318 g/mol. The van der Waals surface area contributed by atoms with E-state index in [0.717, 1.165) is 11.3 Å². The van der Waals surface area contributed by atoms with Gasteiger partial charge in [0.05, 0.1) is 13.7 Å². The van der Waals surface area contributed by atoms with Gasteiger partial charge in [-0.15, -0.1) is 6.58 Å². The lowest BCUT2D eigenvalue weighted by Gasteiger charge is -2.21. The van der Waals surface area contributed by atoms with Crippen molar-refractivity contribution in [2.24, 2.45) is 0 Å². The van der Waals surface area contributed by atoms with Crippen LogP contribution in [0.2, 0.25) is 0 Å². The monoisotopic (exact) mass is 318 g/mol. The zero-order chi connectivity index (χ0) is 15.9. The number of thiocarbonyl (C=S) groups is 1. The molecule has 0 atom stereocenters. The van der Waals surface area contributed by atoms with Crippen molar-refractivity contribution in [3.05, 3.63) is 42.8 Å². The molecule has 7 heteroatoms. The van der Waals surface area contributed by atoms with Gasteiger partial charge < -0.3 is 19.5 Å². The molecule has 0 radical (unpaired) electrons. The largest absolute Gasteiger partial charge is 0.497 e. The highest BCUT2D eigenvalue weighted by molar-refractivity contribution is 7.80. The summed E-state index contributed by atoms with van der Waals surface area (Å²) in [5, 5.41) is 7.53. The number of nitrogens with zero attached hydrogens (tertiary/aromatic N) is 3. The minimum atomic E-state index is 0.425. The molecule has 0 amide bonds. The molecule has 0 spiro atoms. The van der Waals surface area contributed by atoms with E-state index in [2.05, 4.69) is 22.0 Å². The molecule has 22 heavy (non-hydrogen) atoms. The van der Waals surface area contributed by atoms with Crippen molar-refractivity contribution in [3.8, 4) is 17.1 Å². The van der Waals surface area contributed by atoms with Gasteiger partial charge in [0.1, 0.15) is 5.75 Å². The fourth-order valence-electron chi connectivity index (χ4n) is 1.87. The number of hydrogen-bond acceptors (Lipinski definition) is 5. The molecule has 1 N–H and O–H groups in total. The van der Waals surface area contributed by atoms with Crippen LogP contribution in [0, 0.1) is 0 Å². The van der Waals surface area contributed by atoms with Crippen molar-refractivity contribution in [3.63, 3.8) is 0 Å². The minimum absolute atomic E-state index is 0.425. The maximum Gasteiger partial charge on any atom is 0.246 e. The first kappa shape index (κ1) is 16.0. The van der Waals surface area contributed by atoms with Gasteiger partial charge in [-0.25, -0.2) is 0 Å². The van der Waals surface area contributed by atoms with Gasteiger partial charge in [-0.1, -0.05) is 11.2 Å². The second-order valence-corrected chi connectivity index (χ2v) is 4.85. The highest BCUT2D eigenvalue weighted by Crippen LogP contribution is 2.20. The van der Waals surface area contributed by atoms with Crippen LogP contribution >= 0.6 is 12.2 Å². The molecule has 1 heterocycles. The van der Waals surface area contributed by atoms with E-state index in [-0.39, 0.29) is 0 Å². The SMILES string of the molecule is C=CCN(Cc1nc(-c2ccc(OC)cc2)no1)C(=S)NC. The van der Waals surface area contributed by atoms with E-state index in [1.807, 2.05) is 29.2 Å². The summed E-state index contributed by atoms with van der Waals surface area (Å²) < 4.78 is 10.4. The molecule has 1 aromatic heterocycles. The lowest BCUT2D eigenvalue weighted by Crippen LogP contribution is -2.37. The number of benzene rings is 1. The summed E-state index contributed by atoms with van der Waals surface area (Å²) in [6.07, 6.45) is 1.77. The van der Waals surface area contributed by atoms with Gasteiger partial charge >= 0.3 is 0 Å². The first-order chi connectivity index (χ1) is 10.7. The highest BCUT2D eigenvalue weighted by Gasteiger charge is 2.14. The van der Waals surface area contributed by atoms with E-state index in [9.17, 15) is 0 Å². The Bertz CT molecular complexity index is 639. The third-order valence-electron chi connectivity index (χ3n) is 2.99. The summed E-state index contributed by atoms with van der Waals surface area (Å²) in [6.45, 7) is 4.74. The molecule has 2 aromatic rings. The van der Waals surface area contributed by atoms with Crippen LogP contribution in [0.4, 0.5) is 0 Å². The third-order valence-corrected chi connectivity index (χ3v) is 3.46. The van der Waals surface area contributed by atoms with Crippen molar-refractivity contribution >= 4 is 17.3 Å². The van der Waals surface area contributed by atoms with Gasteiger partial charge in [0.25, 0.3) is 0 Å². The summed E-state index contributed by atoms with van der Waals surface area (Å²) in [6, 6.07) is 7.47. The maximum absolute atomic E-state index is 5.29. The van der Waals surface area contributed by atoms with Crippen molar-refractivity contribution < 1.29 is 9.26 Å². The molecule has 0 fully saturated rings. The van der Waals surface area contributed by atoms with Gasteiger partial charge in [-0.3, -0.25) is 0 Å². The van der Waals surface area contributed by atoms with Gasteiger partial charge in [0.15, 0.2) is 5.11 Å². The Morgan fingerprint density at radius 1 is 1.45 bits per heavy atom. The van der Waals surface area contributed by atoms with E-state index in [1.165, 1.54) is 0 Å². The predicted octanol–water partition coefficient (Wildman–Crippen LogP) is 2.24. The lowest BCUT2D eigenvalue weighted by atomic mass is 10.2. The highest BCUT2D eigenvalue weighted by atomic mass is 32.1. The van der Waals surface area contributed by atoms with Crippen molar-refractivity contribution in [2.75, 3.05) is 20.7 Å². The van der Waals surface area contributed by atoms with E-state index in [4.69, 9.17) is 21.5 Å². The summed E-state index contributed by atoms with van der Waals surface area (Å²) in [7, 11) is 3.40. The molecule has 0 aliphatic heterocycles. The second-order valence-electron chi connectivity index (χ2n) is 4.46. The second kappa shape index (κ2) is 7.56. The van der Waals surface area contributed by atoms with Gasteiger partial charge in [-0.2, -0.15) is 4.98 Å². The van der Waals surface area contributed by atoms with Crippen LogP contribution in [0.5, 0.6) is 5.75 Å². The maximum atomic E-state index is 5.29. The summed E-state index contributed by atoms with van der Waals surface area (Å²) in [5.74, 6) is 1.81. The van der Waals surface area contributed by atoms with Crippen LogP contribution in [0.1, 0.15) is 5.89 Å². The van der Waals surface area contributed by atoms with E-state index >= 15 is 0 Å². The van der Waals surface area contributed by atoms with Crippen LogP contribution in [0.15, 0.2) is 41.4 Å². The van der Waals surface area contributed by atoms with Crippen LogP contribution in [-0.2, 0) is 6.54 Å². The number of methoxy groups -OCH3 is 1. The zero-order valence-electron chi connectivity index (χ0n) is 12.6. The molecule has 1 aromatic carbocycles. The standard InChI is InChI=1S/C15H18N4O2S/c1-4-9-19(15(22)16-2)10-13-17-14(18-21-13)11-5-7-12(20-3)8-6-11/h4-8H,1,9-10H2,2-3H3,(H,16,22). The van der Waals surface area contributed by atoms with Crippen LogP contribution in [-0.4, -0.2) is 40.9 Å². The van der Waals surface area contributed by atoms with Crippen molar-refractivity contribution in [1.82, 2.24) is 20.4 Å². The fraction of sp³-hybridized carbons (Fsp3) is 0.267. The Balaban J connectivity index is 2.12. The Kier molecular flexibility index (Phi) is 5.48. The average Bonchev–Trinajstić information content (AvgIpc) is 3.02. The Morgan fingerprint density at radius 2 is 2.18 bits per heavy atom. The minimum Gasteiger partial charge on any atom is -0.497 e. The normalized spacial score (nSPS) is 10.1. The number of hydrogen-bond donors (Lipinski definition) is 1. The Morgan fingerprint density at radius 3 is 2.77 bits per heavy atom. The topological polar surface area (TPSA) is 63.4 Å². The smallest absolute Gasteiger partial charge is 0.246 e. The molecule has 0 aliphatic rings. The van der Waals surface area contributed by atoms with Gasteiger partial charge in [0.2, 0.25) is 11.7 Å². The van der Waals surface area contributed by atoms with Crippen LogP contribution in [0.25, 0.3) is 11.4 Å². The number of aromatic nitrogens is 2. The summed E-state index contributed by atoms with van der Waals surface area (Å²) in [4.78, 5) is 6.28. The van der Waals surface area contributed by atoms with Crippen molar-refractivity contribution in [1.29, 1.82) is 0 Å². The molecular formula is C15H18N4O2S. The van der Waals surface area contributed by atoms with Crippen LogP contribution < -0.4 is 10.1 Å². The molecule has 2 rings (SSSR count). The Labute approximate surface area is 134 Å². The van der Waals surface area contributed by atoms with Crippen LogP contribution in [0.3, 0.4) is 0 Å². The van der Waals surface area contributed by atoms with Gasteiger partial charge in [-0.05, 0) is 36.5 Å². The number of ether oxygens (including phenoxy) is 1. The van der Waals surface area contributed by atoms with E-state index in [1.54, 1.807) is 20.2 Å². The number of nitrogens with one attached hydrogen (secondary N) is 1. The summed E-state index contributed by atoms with van der Waals surface area (Å²) >= 11 is 5.23. The fourth-order valence-corrected chi connectivity index (χ4v) is 2.01. The molecule has 0 aliphatic carbocycles. The Hall–Kier alpha value is -2.41. The molecule has 0 saturated heterocycles. The molecule has 6 nitrogen and oxygen atoms in total. The first-order valence-corrected chi connectivity index (χ1v) is 7.13. The third kappa shape index (κ3) is 3.82. The van der Waals surface area contributed by atoms with E-state index in [0.29, 0.717) is 29.9 Å². The molecular weight excluding hydrogens is 300 g/mol. The first-order valence-electron chi connectivity index (χ1n) is 6.72. The van der Waals surface area contributed by atoms with Crippen molar-refractivity contribution in [2.45, 2.75) is 6.54 Å². The quantitative estimate of drug-likeness (QED) is 0.647. The predicted molar refractivity (Wildman–Crippen MR) is 88.6 cm³/mol.